The summed E-state index contributed by atoms with van der Waals surface area (Å²) in [5.74, 6) is 0. The van der Waals surface area contributed by atoms with Crippen molar-refractivity contribution in [2.24, 2.45) is 5.73 Å². The van der Waals surface area contributed by atoms with Gasteiger partial charge in [-0.25, -0.2) is 0 Å². The van der Waals surface area contributed by atoms with Gasteiger partial charge in [-0.05, 0) is 12.8 Å². The van der Waals surface area contributed by atoms with E-state index in [1.54, 1.807) is 6.26 Å². The normalized spacial score (nSPS) is 21.2. The first-order chi connectivity index (χ1) is 5.37. The molecule has 2 rings (SSSR count). The molecular formula is C8H12N2O. The van der Waals surface area contributed by atoms with Gasteiger partial charge in [-0.3, -0.25) is 0 Å². The predicted molar refractivity (Wildman–Crippen MR) is 41.1 cm³/mol. The van der Waals surface area contributed by atoms with Gasteiger partial charge in [0.05, 0.1) is 5.69 Å². The Labute approximate surface area is 65.6 Å². The van der Waals surface area contributed by atoms with Crippen LogP contribution >= 0.6 is 0 Å². The van der Waals surface area contributed by atoms with Gasteiger partial charge in [0.2, 0.25) is 0 Å². The molecule has 0 atom stereocenters. The Bertz CT molecular complexity index is 221. The molecule has 1 aliphatic carbocycles. The molecule has 0 aromatic carbocycles. The number of nitrogens with zero attached hydrogens (tertiary/aromatic N) is 1. The summed E-state index contributed by atoms with van der Waals surface area (Å²) in [6.07, 6.45) is 5.21. The maximum Gasteiger partial charge on any atom is 0.124 e. The summed E-state index contributed by atoms with van der Waals surface area (Å²) in [4.78, 5) is 0. The zero-order valence-corrected chi connectivity index (χ0v) is 6.42. The highest BCUT2D eigenvalue weighted by Crippen LogP contribution is 2.41. The zero-order valence-electron chi connectivity index (χ0n) is 6.42. The highest BCUT2D eigenvalue weighted by Gasteiger charge is 2.39. The predicted octanol–water partition coefficient (Wildman–Crippen LogP) is 1.06. The SMILES string of the molecule is NCC1(c2ccon2)CCC1. The van der Waals surface area contributed by atoms with Gasteiger partial charge in [0, 0.05) is 18.0 Å². The van der Waals surface area contributed by atoms with Gasteiger partial charge in [0.25, 0.3) is 0 Å². The summed E-state index contributed by atoms with van der Waals surface area (Å²) < 4.78 is 4.79. The number of hydrogen-bond donors (Lipinski definition) is 1. The molecule has 3 heteroatoms. The monoisotopic (exact) mass is 152 g/mol. The fraction of sp³-hybridized carbons (Fsp3) is 0.625. The van der Waals surface area contributed by atoms with Crippen molar-refractivity contribution >= 4 is 0 Å². The molecule has 1 saturated carbocycles. The van der Waals surface area contributed by atoms with Crippen LogP contribution in [0.2, 0.25) is 0 Å². The van der Waals surface area contributed by atoms with E-state index in [1.807, 2.05) is 6.07 Å². The molecule has 1 aromatic rings. The molecule has 0 bridgehead atoms. The smallest absolute Gasteiger partial charge is 0.124 e. The zero-order chi connectivity index (χ0) is 7.73. The highest BCUT2D eigenvalue weighted by atomic mass is 16.5. The molecule has 0 unspecified atom stereocenters. The van der Waals surface area contributed by atoms with E-state index < -0.39 is 0 Å². The Morgan fingerprint density at radius 2 is 2.45 bits per heavy atom. The molecule has 1 aliphatic rings. The first-order valence-electron chi connectivity index (χ1n) is 3.98. The minimum Gasteiger partial charge on any atom is -0.364 e. The molecule has 0 radical (unpaired) electrons. The molecule has 0 saturated heterocycles. The molecule has 1 heterocycles. The molecular weight excluding hydrogens is 140 g/mol. The number of hydrogen-bond acceptors (Lipinski definition) is 3. The fourth-order valence-electron chi connectivity index (χ4n) is 1.65. The van der Waals surface area contributed by atoms with Crippen molar-refractivity contribution in [3.05, 3.63) is 18.0 Å². The second-order valence-corrected chi connectivity index (χ2v) is 3.22. The molecule has 11 heavy (non-hydrogen) atoms. The largest absolute Gasteiger partial charge is 0.364 e. The Kier molecular flexibility index (Phi) is 1.46. The van der Waals surface area contributed by atoms with E-state index >= 15 is 0 Å². The van der Waals surface area contributed by atoms with E-state index in [2.05, 4.69) is 5.16 Å². The van der Waals surface area contributed by atoms with Gasteiger partial charge < -0.3 is 10.3 Å². The van der Waals surface area contributed by atoms with Crippen molar-refractivity contribution in [2.45, 2.75) is 24.7 Å². The van der Waals surface area contributed by atoms with E-state index in [9.17, 15) is 0 Å². The van der Waals surface area contributed by atoms with Crippen LogP contribution in [-0.4, -0.2) is 11.7 Å². The molecule has 3 nitrogen and oxygen atoms in total. The van der Waals surface area contributed by atoms with Crippen molar-refractivity contribution in [3.8, 4) is 0 Å². The minimum absolute atomic E-state index is 0.160. The Morgan fingerprint density at radius 1 is 1.64 bits per heavy atom. The number of nitrogens with two attached hydrogens (primary N) is 1. The van der Waals surface area contributed by atoms with Crippen LogP contribution in [0.3, 0.4) is 0 Å². The van der Waals surface area contributed by atoms with Crippen molar-refractivity contribution < 1.29 is 4.52 Å². The van der Waals surface area contributed by atoms with Gasteiger partial charge in [0.15, 0.2) is 0 Å². The van der Waals surface area contributed by atoms with Gasteiger partial charge >= 0.3 is 0 Å². The van der Waals surface area contributed by atoms with E-state index in [-0.39, 0.29) is 5.41 Å². The van der Waals surface area contributed by atoms with Crippen LogP contribution < -0.4 is 5.73 Å². The van der Waals surface area contributed by atoms with Gasteiger partial charge in [-0.2, -0.15) is 0 Å². The third-order valence-corrected chi connectivity index (χ3v) is 2.68. The van der Waals surface area contributed by atoms with Crippen molar-refractivity contribution in [1.82, 2.24) is 5.16 Å². The van der Waals surface area contributed by atoms with Crippen LogP contribution in [0, 0.1) is 0 Å². The average molecular weight is 152 g/mol. The molecule has 1 aromatic heterocycles. The summed E-state index contributed by atoms with van der Waals surface area (Å²) in [6, 6.07) is 1.92. The summed E-state index contributed by atoms with van der Waals surface area (Å²) in [6.45, 7) is 0.694. The summed E-state index contributed by atoms with van der Waals surface area (Å²) in [5.41, 5.74) is 6.87. The number of rotatable bonds is 2. The lowest BCUT2D eigenvalue weighted by molar-refractivity contribution is 0.234. The second-order valence-electron chi connectivity index (χ2n) is 3.22. The summed E-state index contributed by atoms with van der Waals surface area (Å²) >= 11 is 0. The summed E-state index contributed by atoms with van der Waals surface area (Å²) in [7, 11) is 0. The second kappa shape index (κ2) is 2.34. The quantitative estimate of drug-likeness (QED) is 0.689. The van der Waals surface area contributed by atoms with Gasteiger partial charge in [-0.1, -0.05) is 11.6 Å². The Morgan fingerprint density at radius 3 is 2.82 bits per heavy atom. The van der Waals surface area contributed by atoms with E-state index in [1.165, 1.54) is 6.42 Å². The van der Waals surface area contributed by atoms with Crippen molar-refractivity contribution in [1.29, 1.82) is 0 Å². The lowest BCUT2D eigenvalue weighted by Gasteiger charge is -2.38. The van der Waals surface area contributed by atoms with Crippen LogP contribution in [0.15, 0.2) is 16.9 Å². The lowest BCUT2D eigenvalue weighted by Crippen LogP contribution is -2.41. The van der Waals surface area contributed by atoms with Crippen LogP contribution in [-0.2, 0) is 5.41 Å². The first kappa shape index (κ1) is 6.85. The number of aromatic nitrogens is 1. The highest BCUT2D eigenvalue weighted by molar-refractivity contribution is 5.18. The molecule has 60 valence electrons. The van der Waals surface area contributed by atoms with Gasteiger partial charge in [-0.15, -0.1) is 0 Å². The van der Waals surface area contributed by atoms with Crippen LogP contribution in [0.25, 0.3) is 0 Å². The van der Waals surface area contributed by atoms with E-state index in [0.29, 0.717) is 6.54 Å². The third kappa shape index (κ3) is 0.878. The molecule has 1 fully saturated rings. The van der Waals surface area contributed by atoms with E-state index in [0.717, 1.165) is 18.5 Å². The molecule has 2 N–H and O–H groups in total. The minimum atomic E-state index is 0.160. The summed E-state index contributed by atoms with van der Waals surface area (Å²) in [5, 5.41) is 3.93. The van der Waals surface area contributed by atoms with Crippen molar-refractivity contribution in [3.63, 3.8) is 0 Å². The lowest BCUT2D eigenvalue weighted by atomic mass is 9.67. The first-order valence-corrected chi connectivity index (χ1v) is 3.98. The average Bonchev–Trinajstić information content (AvgIpc) is 2.39. The van der Waals surface area contributed by atoms with Crippen LogP contribution in [0.4, 0.5) is 0 Å². The molecule has 0 aliphatic heterocycles. The standard InChI is InChI=1S/C8H12N2O/c9-6-8(3-1-4-8)7-2-5-11-10-7/h2,5H,1,3-4,6,9H2. The maximum absolute atomic E-state index is 5.68. The Hall–Kier alpha value is -0.830. The van der Waals surface area contributed by atoms with Crippen LogP contribution in [0.1, 0.15) is 25.0 Å². The van der Waals surface area contributed by atoms with E-state index in [4.69, 9.17) is 10.3 Å². The fourth-order valence-corrected chi connectivity index (χ4v) is 1.65. The third-order valence-electron chi connectivity index (χ3n) is 2.68. The Balaban J connectivity index is 2.25. The molecule has 0 amide bonds. The topological polar surface area (TPSA) is 52.0 Å². The maximum atomic E-state index is 5.68. The molecule has 0 spiro atoms. The van der Waals surface area contributed by atoms with Crippen LogP contribution in [0.5, 0.6) is 0 Å². The van der Waals surface area contributed by atoms with Crippen molar-refractivity contribution in [2.75, 3.05) is 6.54 Å². The van der Waals surface area contributed by atoms with Gasteiger partial charge in [0.1, 0.15) is 6.26 Å².